The number of nitrogens with two attached hydrogens (primary N) is 2. The van der Waals surface area contributed by atoms with Crippen molar-refractivity contribution in [3.05, 3.63) is 65.9 Å². The number of rotatable bonds is 7. The summed E-state index contributed by atoms with van der Waals surface area (Å²) in [5.41, 5.74) is 12.7. The monoisotopic (exact) mass is 523 g/mol. The van der Waals surface area contributed by atoms with Crippen molar-refractivity contribution < 1.29 is 29.0 Å². The summed E-state index contributed by atoms with van der Waals surface area (Å²) in [5.74, 6) is -2.23. The zero-order valence-corrected chi connectivity index (χ0v) is 20.0. The van der Waals surface area contributed by atoms with Crippen LogP contribution in [0.25, 0.3) is 11.3 Å². The van der Waals surface area contributed by atoms with Crippen molar-refractivity contribution in [2.24, 2.45) is 5.73 Å². The first-order chi connectivity index (χ1) is 18.2. The summed E-state index contributed by atoms with van der Waals surface area (Å²) < 4.78 is 14.7. The molecule has 2 aromatic heterocycles. The SMILES string of the molecule is Nc1ccc(-c2cc(C(=O)NC(O)C=O)ccc2F)nc1C(=O)Nc1cnccc1N1C[C@@H](N)C[C@H](O)C1. The summed E-state index contributed by atoms with van der Waals surface area (Å²) in [7, 11) is 0. The molecule has 2 amide bonds. The highest BCUT2D eigenvalue weighted by Crippen LogP contribution is 2.29. The minimum Gasteiger partial charge on any atom is -0.397 e. The minimum absolute atomic E-state index is 0.0176. The molecule has 13 heteroatoms. The normalized spacial score (nSPS) is 17.9. The number of amides is 2. The molecule has 3 aromatic rings. The second-order valence-electron chi connectivity index (χ2n) is 8.78. The smallest absolute Gasteiger partial charge is 0.276 e. The number of nitrogens with one attached hydrogen (secondary N) is 2. The third-order valence-electron chi connectivity index (χ3n) is 5.90. The number of benzene rings is 1. The molecular formula is C25H26FN7O5. The first-order valence-corrected chi connectivity index (χ1v) is 11.6. The van der Waals surface area contributed by atoms with Crippen LogP contribution in [0, 0.1) is 5.82 Å². The second-order valence-corrected chi connectivity index (χ2v) is 8.78. The lowest BCUT2D eigenvalue weighted by molar-refractivity contribution is -0.115. The van der Waals surface area contributed by atoms with E-state index in [1.165, 1.54) is 30.5 Å². The maximum atomic E-state index is 14.7. The fraction of sp³-hybridized carbons (Fsp3) is 0.240. The molecule has 4 rings (SSSR count). The van der Waals surface area contributed by atoms with Gasteiger partial charge in [0, 0.05) is 36.5 Å². The summed E-state index contributed by atoms with van der Waals surface area (Å²) in [5, 5.41) is 24.2. The first-order valence-electron chi connectivity index (χ1n) is 11.6. The molecule has 0 aliphatic carbocycles. The van der Waals surface area contributed by atoms with Crippen molar-refractivity contribution in [1.82, 2.24) is 15.3 Å². The van der Waals surface area contributed by atoms with Crippen molar-refractivity contribution >= 4 is 35.2 Å². The fourth-order valence-corrected chi connectivity index (χ4v) is 4.16. The minimum atomic E-state index is -1.72. The van der Waals surface area contributed by atoms with Crippen LogP contribution >= 0.6 is 0 Å². The summed E-state index contributed by atoms with van der Waals surface area (Å²) >= 11 is 0. The molecule has 3 heterocycles. The number of aliphatic hydroxyl groups is 2. The zero-order chi connectivity index (χ0) is 27.4. The Morgan fingerprint density at radius 1 is 1.18 bits per heavy atom. The molecule has 0 radical (unpaired) electrons. The Labute approximate surface area is 216 Å². The average Bonchev–Trinajstić information content (AvgIpc) is 2.89. The number of aldehydes is 1. The van der Waals surface area contributed by atoms with Gasteiger partial charge >= 0.3 is 0 Å². The quantitative estimate of drug-likeness (QED) is 0.185. The molecule has 1 aromatic carbocycles. The molecule has 38 heavy (non-hydrogen) atoms. The van der Waals surface area contributed by atoms with E-state index in [0.717, 1.165) is 6.07 Å². The number of pyridine rings is 2. The van der Waals surface area contributed by atoms with Crippen LogP contribution in [0.2, 0.25) is 0 Å². The van der Waals surface area contributed by atoms with E-state index in [1.807, 2.05) is 10.2 Å². The van der Waals surface area contributed by atoms with E-state index in [4.69, 9.17) is 11.5 Å². The van der Waals surface area contributed by atoms with Crippen LogP contribution in [0.3, 0.4) is 0 Å². The van der Waals surface area contributed by atoms with Gasteiger partial charge in [0.05, 0.1) is 35.1 Å². The van der Waals surface area contributed by atoms with Gasteiger partial charge in [0.15, 0.2) is 18.2 Å². The van der Waals surface area contributed by atoms with E-state index in [-0.39, 0.29) is 40.5 Å². The molecule has 0 bridgehead atoms. The summed E-state index contributed by atoms with van der Waals surface area (Å²) in [4.78, 5) is 46.2. The van der Waals surface area contributed by atoms with Gasteiger partial charge in [0.25, 0.3) is 11.8 Å². The number of halogens is 1. The number of aromatic nitrogens is 2. The van der Waals surface area contributed by atoms with Gasteiger partial charge in [-0.15, -0.1) is 0 Å². The highest BCUT2D eigenvalue weighted by Gasteiger charge is 2.26. The largest absolute Gasteiger partial charge is 0.397 e. The fourth-order valence-electron chi connectivity index (χ4n) is 4.16. The van der Waals surface area contributed by atoms with Crippen LogP contribution < -0.4 is 27.0 Å². The molecule has 198 valence electrons. The van der Waals surface area contributed by atoms with Gasteiger partial charge < -0.3 is 37.2 Å². The van der Waals surface area contributed by atoms with E-state index in [9.17, 15) is 29.0 Å². The Kier molecular flexibility index (Phi) is 7.90. The van der Waals surface area contributed by atoms with Gasteiger partial charge in [-0.2, -0.15) is 0 Å². The van der Waals surface area contributed by atoms with Crippen molar-refractivity contribution in [3.63, 3.8) is 0 Å². The van der Waals surface area contributed by atoms with E-state index in [2.05, 4.69) is 15.3 Å². The molecule has 1 fully saturated rings. The molecule has 8 N–H and O–H groups in total. The van der Waals surface area contributed by atoms with E-state index >= 15 is 0 Å². The first kappa shape index (κ1) is 26.6. The lowest BCUT2D eigenvalue weighted by Gasteiger charge is -2.36. The van der Waals surface area contributed by atoms with Gasteiger partial charge in [-0.1, -0.05) is 0 Å². The van der Waals surface area contributed by atoms with Crippen molar-refractivity contribution in [3.8, 4) is 11.3 Å². The molecule has 0 saturated carbocycles. The predicted octanol–water partition coefficient (Wildman–Crippen LogP) is 0.263. The topological polar surface area (TPSA) is 197 Å². The number of piperidine rings is 1. The zero-order valence-electron chi connectivity index (χ0n) is 20.0. The van der Waals surface area contributed by atoms with Crippen LogP contribution in [0.15, 0.2) is 48.8 Å². The number of hydrogen-bond acceptors (Lipinski definition) is 10. The molecule has 3 atom stereocenters. The lowest BCUT2D eigenvalue weighted by atomic mass is 10.0. The molecule has 0 spiro atoms. The van der Waals surface area contributed by atoms with Gasteiger partial charge in [-0.05, 0) is 42.8 Å². The number of carbonyl (C=O) groups is 3. The molecule has 1 unspecified atom stereocenters. The number of anilines is 3. The van der Waals surface area contributed by atoms with Gasteiger partial charge in [-0.25, -0.2) is 9.37 Å². The summed E-state index contributed by atoms with van der Waals surface area (Å²) in [6.45, 7) is 0.788. The molecule has 1 aliphatic heterocycles. The molecule has 1 aliphatic rings. The van der Waals surface area contributed by atoms with Crippen LogP contribution in [0.1, 0.15) is 27.3 Å². The maximum Gasteiger partial charge on any atom is 0.276 e. The lowest BCUT2D eigenvalue weighted by Crippen LogP contribution is -2.49. The van der Waals surface area contributed by atoms with Crippen molar-refractivity contribution in [2.45, 2.75) is 24.8 Å². The van der Waals surface area contributed by atoms with E-state index < -0.39 is 30.0 Å². The summed E-state index contributed by atoms with van der Waals surface area (Å²) in [6.07, 6.45) is 1.24. The number of β-amino-alcohol motifs (C(OH)–C–C–N with tert-alkyl or cyclic N) is 1. The van der Waals surface area contributed by atoms with E-state index in [0.29, 0.717) is 30.9 Å². The Hall–Kier alpha value is -4.46. The van der Waals surface area contributed by atoms with Crippen LogP contribution in [0.5, 0.6) is 0 Å². The summed E-state index contributed by atoms with van der Waals surface area (Å²) in [6, 6.07) is 7.56. The average molecular weight is 524 g/mol. The van der Waals surface area contributed by atoms with Crippen molar-refractivity contribution in [2.75, 3.05) is 29.0 Å². The van der Waals surface area contributed by atoms with Crippen LogP contribution in [0.4, 0.5) is 21.5 Å². The number of hydrogen-bond donors (Lipinski definition) is 6. The molecule has 1 saturated heterocycles. The number of carbonyl (C=O) groups excluding carboxylic acids is 3. The van der Waals surface area contributed by atoms with Crippen LogP contribution in [-0.2, 0) is 4.79 Å². The number of aliphatic hydroxyl groups excluding tert-OH is 2. The number of nitrogens with zero attached hydrogens (tertiary/aromatic N) is 3. The second kappa shape index (κ2) is 11.3. The maximum absolute atomic E-state index is 14.7. The van der Waals surface area contributed by atoms with Crippen molar-refractivity contribution in [1.29, 1.82) is 0 Å². The van der Waals surface area contributed by atoms with E-state index in [1.54, 1.807) is 12.3 Å². The van der Waals surface area contributed by atoms with Gasteiger partial charge in [0.2, 0.25) is 0 Å². The van der Waals surface area contributed by atoms with Gasteiger partial charge in [-0.3, -0.25) is 19.4 Å². The molecule has 12 nitrogen and oxygen atoms in total. The standard InChI is InChI=1S/C25H26FN7O5/c26-17-2-1-13(24(37)32-22(36)12-34)7-16(17)19-4-3-18(28)23(30-19)25(38)31-20-9-29-6-5-21(20)33-10-14(27)8-15(35)11-33/h1-7,9,12,14-15,22,35-36H,8,10-11,27-28H2,(H,31,38)(H,32,37)/t14-,15-,22?/m0/s1. The Balaban J connectivity index is 1.62. The third kappa shape index (κ3) is 5.91. The Bertz CT molecular complexity index is 1360. The highest BCUT2D eigenvalue weighted by atomic mass is 19.1. The predicted molar refractivity (Wildman–Crippen MR) is 137 cm³/mol. The number of nitrogen functional groups attached to an aromatic ring is 1. The Morgan fingerprint density at radius 2 is 1.97 bits per heavy atom. The Morgan fingerprint density at radius 3 is 2.71 bits per heavy atom. The molecular weight excluding hydrogens is 497 g/mol. The third-order valence-corrected chi connectivity index (χ3v) is 5.90. The van der Waals surface area contributed by atoms with Gasteiger partial charge in [0.1, 0.15) is 5.82 Å². The van der Waals surface area contributed by atoms with Crippen LogP contribution in [-0.4, -0.2) is 69.7 Å². The highest BCUT2D eigenvalue weighted by molar-refractivity contribution is 6.08.